The number of carbonyl (C=O) groups excluding carboxylic acids is 1. The van der Waals surface area contributed by atoms with Crippen LogP contribution in [0.25, 0.3) is 0 Å². The van der Waals surface area contributed by atoms with Gasteiger partial charge in [-0.05, 0) is 25.1 Å². The highest BCUT2D eigenvalue weighted by molar-refractivity contribution is 7.11. The molecular weight excluding hydrogens is 238 g/mol. The first-order valence-electron chi connectivity index (χ1n) is 5.28. The standard InChI is InChI=1S/C11H19NO2SSi/c1-8-9(15-7-12-8)10(13)14-16(5,6)11(2,3)4/h7H,1-6H3. The summed E-state index contributed by atoms with van der Waals surface area (Å²) in [7, 11) is -2.02. The maximum absolute atomic E-state index is 12.0. The number of aryl methyl sites for hydroxylation is 1. The predicted molar refractivity (Wildman–Crippen MR) is 69.5 cm³/mol. The average Bonchev–Trinajstić information content (AvgIpc) is 2.48. The molecule has 0 radical (unpaired) electrons. The molecule has 0 N–H and O–H groups in total. The van der Waals surface area contributed by atoms with Gasteiger partial charge in [0.05, 0.1) is 11.2 Å². The molecule has 0 aromatic carbocycles. The SMILES string of the molecule is Cc1ncsc1C(=O)O[Si](C)(C)C(C)(C)C. The number of carbonyl (C=O) groups is 1. The second-order valence-corrected chi connectivity index (χ2v) is 11.0. The highest BCUT2D eigenvalue weighted by Crippen LogP contribution is 2.37. The smallest absolute Gasteiger partial charge is 0.336 e. The van der Waals surface area contributed by atoms with Crippen LogP contribution in [0.2, 0.25) is 18.1 Å². The van der Waals surface area contributed by atoms with Crippen LogP contribution in [0, 0.1) is 6.92 Å². The minimum Gasteiger partial charge on any atom is -0.515 e. The number of hydrogen-bond donors (Lipinski definition) is 0. The van der Waals surface area contributed by atoms with Gasteiger partial charge in [-0.15, -0.1) is 11.3 Å². The van der Waals surface area contributed by atoms with Crippen LogP contribution < -0.4 is 0 Å². The summed E-state index contributed by atoms with van der Waals surface area (Å²) in [6.07, 6.45) is 0. The fraction of sp³-hybridized carbons (Fsp3) is 0.636. The zero-order valence-electron chi connectivity index (χ0n) is 10.7. The summed E-state index contributed by atoms with van der Waals surface area (Å²) in [6.45, 7) is 12.3. The van der Waals surface area contributed by atoms with Gasteiger partial charge in [0.25, 0.3) is 8.32 Å². The van der Waals surface area contributed by atoms with Crippen LogP contribution in [0.5, 0.6) is 0 Å². The van der Waals surface area contributed by atoms with Crippen molar-refractivity contribution < 1.29 is 9.22 Å². The van der Waals surface area contributed by atoms with Gasteiger partial charge < -0.3 is 4.43 Å². The van der Waals surface area contributed by atoms with E-state index in [1.165, 1.54) is 11.3 Å². The van der Waals surface area contributed by atoms with E-state index >= 15 is 0 Å². The van der Waals surface area contributed by atoms with Crippen molar-refractivity contribution in [1.82, 2.24) is 4.98 Å². The van der Waals surface area contributed by atoms with Gasteiger partial charge in [0.15, 0.2) is 0 Å². The minimum absolute atomic E-state index is 0.0429. The fourth-order valence-electron chi connectivity index (χ4n) is 0.929. The lowest BCUT2D eigenvalue weighted by atomic mass is 10.2. The summed E-state index contributed by atoms with van der Waals surface area (Å²) >= 11 is 1.35. The van der Waals surface area contributed by atoms with Crippen LogP contribution >= 0.6 is 11.3 Å². The zero-order chi connectivity index (χ0) is 12.6. The van der Waals surface area contributed by atoms with Crippen molar-refractivity contribution in [3.8, 4) is 0 Å². The number of rotatable bonds is 2. The van der Waals surface area contributed by atoms with Crippen molar-refractivity contribution in [3.63, 3.8) is 0 Å². The molecule has 0 aliphatic rings. The Morgan fingerprint density at radius 3 is 2.38 bits per heavy atom. The van der Waals surface area contributed by atoms with E-state index in [0.717, 1.165) is 5.69 Å². The summed E-state index contributed by atoms with van der Waals surface area (Å²) in [5.41, 5.74) is 2.44. The first kappa shape index (κ1) is 13.4. The summed E-state index contributed by atoms with van der Waals surface area (Å²) < 4.78 is 5.70. The van der Waals surface area contributed by atoms with Crippen LogP contribution in [-0.4, -0.2) is 19.3 Å². The van der Waals surface area contributed by atoms with Crippen molar-refractivity contribution in [2.45, 2.75) is 45.8 Å². The molecule has 0 spiro atoms. The molecule has 0 atom stereocenters. The monoisotopic (exact) mass is 257 g/mol. The van der Waals surface area contributed by atoms with E-state index in [2.05, 4.69) is 38.8 Å². The molecule has 0 aliphatic heterocycles. The molecule has 90 valence electrons. The fourth-order valence-corrected chi connectivity index (χ4v) is 2.55. The van der Waals surface area contributed by atoms with Crippen molar-refractivity contribution in [2.24, 2.45) is 0 Å². The molecule has 0 fully saturated rings. The van der Waals surface area contributed by atoms with Crippen LogP contribution in [-0.2, 0) is 4.43 Å². The molecule has 0 bridgehead atoms. The lowest BCUT2D eigenvalue weighted by molar-refractivity contribution is 0.0717. The Kier molecular flexibility index (Phi) is 3.59. The number of aromatic nitrogens is 1. The summed E-state index contributed by atoms with van der Waals surface area (Å²) in [5.74, 6) is -0.216. The molecule has 0 amide bonds. The zero-order valence-corrected chi connectivity index (χ0v) is 12.6. The van der Waals surface area contributed by atoms with E-state index in [1.807, 2.05) is 6.92 Å². The van der Waals surface area contributed by atoms with E-state index < -0.39 is 8.32 Å². The molecule has 0 saturated heterocycles. The van der Waals surface area contributed by atoms with Crippen LogP contribution in [0.1, 0.15) is 36.1 Å². The molecule has 1 aromatic rings. The van der Waals surface area contributed by atoms with Gasteiger partial charge in [0.2, 0.25) is 0 Å². The van der Waals surface area contributed by atoms with Crippen molar-refractivity contribution in [1.29, 1.82) is 0 Å². The second-order valence-electron chi connectivity index (χ2n) is 5.42. The van der Waals surface area contributed by atoms with Crippen LogP contribution in [0.4, 0.5) is 0 Å². The number of thiazole rings is 1. The highest BCUT2D eigenvalue weighted by atomic mass is 32.1. The van der Waals surface area contributed by atoms with Crippen LogP contribution in [0.3, 0.4) is 0 Å². The number of nitrogens with zero attached hydrogens (tertiary/aromatic N) is 1. The number of hydrogen-bond acceptors (Lipinski definition) is 4. The maximum atomic E-state index is 12.0. The van der Waals surface area contributed by atoms with E-state index in [0.29, 0.717) is 4.88 Å². The lowest BCUT2D eigenvalue weighted by Gasteiger charge is -2.35. The molecule has 1 aromatic heterocycles. The Balaban J connectivity index is 2.84. The third-order valence-electron chi connectivity index (χ3n) is 3.08. The molecular formula is C11H19NO2SSi. The van der Waals surface area contributed by atoms with E-state index in [9.17, 15) is 4.79 Å². The Labute approximate surface area is 102 Å². The normalized spacial score (nSPS) is 12.6. The van der Waals surface area contributed by atoms with Gasteiger partial charge in [-0.1, -0.05) is 20.8 Å². The van der Waals surface area contributed by atoms with Gasteiger partial charge in [0, 0.05) is 0 Å². The average molecular weight is 257 g/mol. The largest absolute Gasteiger partial charge is 0.515 e. The van der Waals surface area contributed by atoms with Gasteiger partial charge in [0.1, 0.15) is 4.88 Å². The van der Waals surface area contributed by atoms with Crippen molar-refractivity contribution >= 4 is 25.6 Å². The third kappa shape index (κ3) is 2.71. The highest BCUT2D eigenvalue weighted by Gasteiger charge is 2.40. The second kappa shape index (κ2) is 4.29. The molecule has 0 saturated carbocycles. The van der Waals surface area contributed by atoms with Gasteiger partial charge in [-0.25, -0.2) is 9.78 Å². The lowest BCUT2D eigenvalue weighted by Crippen LogP contribution is -2.42. The molecule has 1 rings (SSSR count). The van der Waals surface area contributed by atoms with E-state index in [1.54, 1.807) is 5.51 Å². The predicted octanol–water partition coefficient (Wildman–Crippen LogP) is 3.61. The van der Waals surface area contributed by atoms with Crippen molar-refractivity contribution in [2.75, 3.05) is 0 Å². The Morgan fingerprint density at radius 2 is 2.00 bits per heavy atom. The first-order valence-corrected chi connectivity index (χ1v) is 9.07. The molecule has 16 heavy (non-hydrogen) atoms. The Hall–Kier alpha value is -0.683. The summed E-state index contributed by atoms with van der Waals surface area (Å²) in [6, 6.07) is 0. The third-order valence-corrected chi connectivity index (χ3v) is 8.30. The summed E-state index contributed by atoms with van der Waals surface area (Å²) in [5, 5.41) is 0.0429. The molecule has 0 aliphatic carbocycles. The van der Waals surface area contributed by atoms with Gasteiger partial charge >= 0.3 is 5.97 Å². The maximum Gasteiger partial charge on any atom is 0.336 e. The van der Waals surface area contributed by atoms with Gasteiger partial charge in [-0.3, -0.25) is 0 Å². The van der Waals surface area contributed by atoms with E-state index in [-0.39, 0.29) is 11.0 Å². The topological polar surface area (TPSA) is 39.2 Å². The Morgan fingerprint density at radius 1 is 1.44 bits per heavy atom. The molecule has 3 nitrogen and oxygen atoms in total. The Bertz CT molecular complexity index is 393. The first-order chi connectivity index (χ1) is 7.15. The summed E-state index contributed by atoms with van der Waals surface area (Å²) in [4.78, 5) is 16.7. The molecule has 1 heterocycles. The molecule has 5 heteroatoms. The quantitative estimate of drug-likeness (QED) is 0.760. The van der Waals surface area contributed by atoms with E-state index in [4.69, 9.17) is 4.43 Å². The minimum atomic E-state index is -2.02. The molecule has 0 unspecified atom stereocenters. The van der Waals surface area contributed by atoms with Crippen molar-refractivity contribution in [3.05, 3.63) is 16.1 Å². The van der Waals surface area contributed by atoms with Gasteiger partial charge in [-0.2, -0.15) is 0 Å². The van der Waals surface area contributed by atoms with Crippen LogP contribution in [0.15, 0.2) is 5.51 Å².